The second-order valence-corrected chi connectivity index (χ2v) is 8.82. The normalized spacial score (nSPS) is 14.2. The van der Waals surface area contributed by atoms with Gasteiger partial charge in [0.05, 0.1) is 37.4 Å². The van der Waals surface area contributed by atoms with Crippen molar-refractivity contribution < 1.29 is 23.9 Å². The molecule has 204 valence electrons. The number of methoxy groups -OCH3 is 3. The molecule has 1 atom stereocenters. The Hall–Kier alpha value is -5.39. The van der Waals surface area contributed by atoms with Crippen LogP contribution in [0.25, 0.3) is 11.4 Å². The Bertz CT molecular complexity index is 1610. The van der Waals surface area contributed by atoms with Crippen molar-refractivity contribution in [2.75, 3.05) is 32.0 Å². The average Bonchev–Trinajstić information content (AvgIpc) is 3.39. The number of para-hydroxylation sites is 2. The average molecular weight is 543 g/mol. The van der Waals surface area contributed by atoms with Crippen molar-refractivity contribution in [1.29, 1.82) is 0 Å². The van der Waals surface area contributed by atoms with Gasteiger partial charge in [0.1, 0.15) is 6.04 Å². The predicted molar refractivity (Wildman–Crippen MR) is 148 cm³/mol. The van der Waals surface area contributed by atoms with Crippen LogP contribution in [-0.4, -0.2) is 46.9 Å². The highest BCUT2D eigenvalue weighted by Crippen LogP contribution is 2.43. The van der Waals surface area contributed by atoms with Gasteiger partial charge in [0.25, 0.3) is 11.6 Å². The number of hydrogen-bond acceptors (Lipinski definition) is 9. The van der Waals surface area contributed by atoms with Crippen LogP contribution < -0.4 is 24.8 Å². The van der Waals surface area contributed by atoms with Crippen LogP contribution >= 0.6 is 0 Å². The summed E-state index contributed by atoms with van der Waals surface area (Å²) in [6, 6.07) is 17.7. The minimum Gasteiger partial charge on any atom is -0.493 e. The summed E-state index contributed by atoms with van der Waals surface area (Å²) in [5.41, 5.74) is 2.00. The molecular weight excluding hydrogens is 516 g/mol. The fraction of sp³-hybridized carbons (Fsp3) is 0.179. The maximum absolute atomic E-state index is 13.7. The van der Waals surface area contributed by atoms with E-state index in [0.717, 1.165) is 0 Å². The first-order valence-corrected chi connectivity index (χ1v) is 12.2. The van der Waals surface area contributed by atoms with E-state index in [1.54, 1.807) is 61.5 Å². The van der Waals surface area contributed by atoms with E-state index in [1.165, 1.54) is 32.1 Å². The van der Waals surface area contributed by atoms with Crippen LogP contribution in [0.5, 0.6) is 17.2 Å². The molecule has 1 unspecified atom stereocenters. The van der Waals surface area contributed by atoms with E-state index in [-0.39, 0.29) is 22.6 Å². The summed E-state index contributed by atoms with van der Waals surface area (Å²) in [6.07, 6.45) is 0. The Morgan fingerprint density at radius 2 is 1.65 bits per heavy atom. The number of ether oxygens (including phenoxy) is 3. The summed E-state index contributed by atoms with van der Waals surface area (Å²) >= 11 is 0. The molecule has 0 bridgehead atoms. The fourth-order valence-electron chi connectivity index (χ4n) is 4.67. The zero-order valence-corrected chi connectivity index (χ0v) is 22.2. The third-order valence-corrected chi connectivity index (χ3v) is 6.48. The van der Waals surface area contributed by atoms with E-state index in [2.05, 4.69) is 15.6 Å². The van der Waals surface area contributed by atoms with Crippen molar-refractivity contribution in [3.8, 4) is 28.6 Å². The number of allylic oxidation sites excluding steroid dienone is 1. The van der Waals surface area contributed by atoms with Crippen LogP contribution in [0.3, 0.4) is 0 Å². The van der Waals surface area contributed by atoms with Gasteiger partial charge in [-0.25, -0.2) is 4.68 Å². The molecule has 1 aliphatic rings. The molecule has 40 heavy (non-hydrogen) atoms. The largest absolute Gasteiger partial charge is 0.493 e. The van der Waals surface area contributed by atoms with Crippen molar-refractivity contribution in [2.24, 2.45) is 0 Å². The number of amides is 1. The Morgan fingerprint density at radius 3 is 2.27 bits per heavy atom. The number of carbonyl (C=O) groups excluding carboxylic acids is 1. The lowest BCUT2D eigenvalue weighted by molar-refractivity contribution is -0.385. The number of hydrogen-bond donors (Lipinski definition) is 2. The summed E-state index contributed by atoms with van der Waals surface area (Å²) < 4.78 is 17.9. The molecule has 12 nitrogen and oxygen atoms in total. The zero-order valence-electron chi connectivity index (χ0n) is 22.2. The van der Waals surface area contributed by atoms with Gasteiger partial charge >= 0.3 is 0 Å². The van der Waals surface area contributed by atoms with Gasteiger partial charge in [0.2, 0.25) is 11.7 Å². The SMILES string of the molecule is COc1cc(-c2nc3n(n2)C(c2ccccc2[N+](=O)[O-])C(C(=O)Nc2ccccc2)=C(C)N3)cc(OC)c1OC. The lowest BCUT2D eigenvalue weighted by Crippen LogP contribution is -2.31. The van der Waals surface area contributed by atoms with E-state index in [0.29, 0.717) is 40.1 Å². The fourth-order valence-corrected chi connectivity index (χ4v) is 4.67. The van der Waals surface area contributed by atoms with Gasteiger partial charge in [-0.1, -0.05) is 30.3 Å². The lowest BCUT2D eigenvalue weighted by Gasteiger charge is -2.28. The van der Waals surface area contributed by atoms with Gasteiger partial charge in [0.15, 0.2) is 17.3 Å². The van der Waals surface area contributed by atoms with Crippen molar-refractivity contribution >= 4 is 23.2 Å². The second kappa shape index (κ2) is 10.8. The molecule has 1 aromatic heterocycles. The van der Waals surface area contributed by atoms with E-state index >= 15 is 0 Å². The molecule has 2 N–H and O–H groups in total. The molecule has 0 fully saturated rings. The summed E-state index contributed by atoms with van der Waals surface area (Å²) in [4.78, 5) is 29.9. The number of nitro benzene ring substituents is 1. The maximum Gasteiger partial charge on any atom is 0.275 e. The molecule has 0 saturated carbocycles. The summed E-state index contributed by atoms with van der Waals surface area (Å²) in [6.45, 7) is 1.72. The molecule has 0 spiro atoms. The van der Waals surface area contributed by atoms with Crippen molar-refractivity contribution in [2.45, 2.75) is 13.0 Å². The first-order valence-electron chi connectivity index (χ1n) is 12.2. The van der Waals surface area contributed by atoms with Crippen LogP contribution in [0.2, 0.25) is 0 Å². The molecule has 4 aromatic rings. The number of nitro groups is 1. The third kappa shape index (κ3) is 4.66. The molecule has 1 amide bonds. The van der Waals surface area contributed by atoms with E-state index in [1.807, 2.05) is 6.07 Å². The van der Waals surface area contributed by atoms with Crippen LogP contribution in [0, 0.1) is 10.1 Å². The van der Waals surface area contributed by atoms with E-state index in [9.17, 15) is 14.9 Å². The first-order chi connectivity index (χ1) is 19.4. The topological polar surface area (TPSA) is 143 Å². The van der Waals surface area contributed by atoms with Crippen LogP contribution in [0.1, 0.15) is 18.5 Å². The highest BCUT2D eigenvalue weighted by atomic mass is 16.6. The van der Waals surface area contributed by atoms with Crippen LogP contribution in [-0.2, 0) is 4.79 Å². The number of nitrogens with zero attached hydrogens (tertiary/aromatic N) is 4. The number of carbonyl (C=O) groups is 1. The highest BCUT2D eigenvalue weighted by molar-refractivity contribution is 6.06. The Labute approximate surface area is 229 Å². The van der Waals surface area contributed by atoms with Crippen molar-refractivity contribution in [3.05, 3.63) is 93.7 Å². The summed E-state index contributed by atoms with van der Waals surface area (Å²) in [5, 5.41) is 22.8. The van der Waals surface area contributed by atoms with E-state index < -0.39 is 16.9 Å². The molecule has 3 aromatic carbocycles. The number of fused-ring (bicyclic) bond motifs is 1. The first kappa shape index (κ1) is 26.2. The monoisotopic (exact) mass is 542 g/mol. The molecule has 0 saturated heterocycles. The zero-order chi connectivity index (χ0) is 28.4. The van der Waals surface area contributed by atoms with Crippen LogP contribution in [0.4, 0.5) is 17.3 Å². The third-order valence-electron chi connectivity index (χ3n) is 6.48. The Balaban J connectivity index is 1.67. The molecule has 2 heterocycles. The summed E-state index contributed by atoms with van der Waals surface area (Å²) in [5.74, 6) is 1.37. The molecular formula is C28H26N6O6. The van der Waals surface area contributed by atoms with Gasteiger partial charge in [-0.2, -0.15) is 4.98 Å². The van der Waals surface area contributed by atoms with Crippen molar-refractivity contribution in [3.63, 3.8) is 0 Å². The van der Waals surface area contributed by atoms with Gasteiger partial charge in [-0.05, 0) is 37.3 Å². The second-order valence-electron chi connectivity index (χ2n) is 8.82. The van der Waals surface area contributed by atoms with Gasteiger partial charge < -0.3 is 24.8 Å². The number of nitrogens with one attached hydrogen (secondary N) is 2. The predicted octanol–water partition coefficient (Wildman–Crippen LogP) is 4.81. The standard InChI is InChI=1S/C28H26N6O6/c1-16-23(27(35)30-18-10-6-5-7-11-18)24(19-12-8-9-13-20(19)34(36)37)33-28(29-16)31-26(32-33)17-14-21(38-2)25(40-4)22(15-17)39-3/h5-15,24H,1-4H3,(H,30,35)(H,29,31,32). The van der Waals surface area contributed by atoms with Gasteiger partial charge in [0, 0.05) is 23.0 Å². The molecule has 5 rings (SSSR count). The van der Waals surface area contributed by atoms with Gasteiger partial charge in [-0.3, -0.25) is 14.9 Å². The smallest absolute Gasteiger partial charge is 0.275 e. The lowest BCUT2D eigenvalue weighted by atomic mass is 9.93. The highest BCUT2D eigenvalue weighted by Gasteiger charge is 2.38. The van der Waals surface area contributed by atoms with E-state index in [4.69, 9.17) is 19.3 Å². The number of benzene rings is 3. The van der Waals surface area contributed by atoms with Crippen molar-refractivity contribution in [1.82, 2.24) is 14.8 Å². The molecule has 0 aliphatic carbocycles. The number of aromatic nitrogens is 3. The Morgan fingerprint density at radius 1 is 1.00 bits per heavy atom. The maximum atomic E-state index is 13.7. The number of rotatable bonds is 8. The molecule has 12 heteroatoms. The molecule has 0 radical (unpaired) electrons. The number of anilines is 2. The summed E-state index contributed by atoms with van der Waals surface area (Å²) in [7, 11) is 4.51. The Kier molecular flexibility index (Phi) is 7.06. The minimum absolute atomic E-state index is 0.150. The van der Waals surface area contributed by atoms with Gasteiger partial charge in [-0.15, -0.1) is 5.10 Å². The minimum atomic E-state index is -0.954. The quantitative estimate of drug-likeness (QED) is 0.237. The molecule has 1 aliphatic heterocycles. The van der Waals surface area contributed by atoms with Crippen LogP contribution in [0.15, 0.2) is 78.0 Å².